The number of rotatable bonds is 5. The van der Waals surface area contributed by atoms with Crippen LogP contribution in [0.1, 0.15) is 44.1 Å². The fourth-order valence-corrected chi connectivity index (χ4v) is 6.07. The molecule has 3 heterocycles. The first kappa shape index (κ1) is 21.8. The molecule has 36 heavy (non-hydrogen) atoms. The number of nitrogens with one attached hydrogen (secondary N) is 1. The minimum Gasteiger partial charge on any atom is -0.361 e. The topological polar surface area (TPSA) is 72.0 Å². The van der Waals surface area contributed by atoms with Crippen molar-refractivity contribution in [3.05, 3.63) is 60.3 Å². The van der Waals surface area contributed by atoms with E-state index in [1.54, 1.807) is 0 Å². The van der Waals surface area contributed by atoms with Gasteiger partial charge in [-0.2, -0.15) is 0 Å². The molecule has 0 unspecified atom stereocenters. The molecule has 2 saturated carbocycles. The first-order valence-electron chi connectivity index (χ1n) is 13.2. The largest absolute Gasteiger partial charge is 0.361 e. The molecule has 0 bridgehead atoms. The first-order chi connectivity index (χ1) is 17.6. The Bertz CT molecular complexity index is 1360. The van der Waals surface area contributed by atoms with Crippen LogP contribution in [-0.2, 0) is 9.59 Å². The predicted octanol–water partition coefficient (Wildman–Crippen LogP) is 4.21. The Hall–Kier alpha value is -3.45. The fraction of sp³-hybridized carbons (Fsp3) is 0.414. The molecule has 2 aliphatic heterocycles. The summed E-state index contributed by atoms with van der Waals surface area (Å²) in [5, 5.41) is 1.19. The lowest BCUT2D eigenvalue weighted by molar-refractivity contribution is -0.133. The molecular formula is C29H31N5O2. The molecule has 184 valence electrons. The van der Waals surface area contributed by atoms with Crippen molar-refractivity contribution in [1.82, 2.24) is 19.7 Å². The molecule has 4 aliphatic rings. The summed E-state index contributed by atoms with van der Waals surface area (Å²) >= 11 is 0. The third-order valence-electron chi connectivity index (χ3n) is 8.32. The standard InChI is InChI=1S/C29H31N5O2/c35-27(22-7-8-22)33-16-15-32(18-33)19-34-26(31-29(28(34)36)12-1-2-13-29)21-5-3-20(4-6-21)23-9-10-25-24(17-23)11-14-30-25/h3-6,9-11,14,17,22,30H,1-2,7-8,12-13,15-16,18-19H2. The van der Waals surface area contributed by atoms with Crippen LogP contribution in [0, 0.1) is 5.92 Å². The van der Waals surface area contributed by atoms with Gasteiger partial charge in [-0.25, -0.2) is 0 Å². The zero-order chi connectivity index (χ0) is 24.3. The van der Waals surface area contributed by atoms with Crippen LogP contribution in [0.5, 0.6) is 0 Å². The number of carbonyl (C=O) groups is 2. The zero-order valence-electron chi connectivity index (χ0n) is 20.4. The van der Waals surface area contributed by atoms with Crippen molar-refractivity contribution in [2.24, 2.45) is 10.9 Å². The normalized spacial score (nSPS) is 21.8. The maximum atomic E-state index is 13.7. The Morgan fingerprint density at radius 3 is 2.50 bits per heavy atom. The third-order valence-corrected chi connectivity index (χ3v) is 8.32. The van der Waals surface area contributed by atoms with Gasteiger partial charge in [0.15, 0.2) is 0 Å². The number of nitrogens with zero attached hydrogens (tertiary/aromatic N) is 4. The summed E-state index contributed by atoms with van der Waals surface area (Å²) in [5.74, 6) is 1.42. The molecule has 7 heteroatoms. The number of aromatic amines is 1. The quantitative estimate of drug-likeness (QED) is 0.594. The van der Waals surface area contributed by atoms with Crippen molar-refractivity contribution in [2.45, 2.75) is 44.1 Å². The summed E-state index contributed by atoms with van der Waals surface area (Å²) in [4.78, 5) is 40.7. The van der Waals surface area contributed by atoms with E-state index in [9.17, 15) is 9.59 Å². The number of aliphatic imine (C=N–C) groups is 1. The summed E-state index contributed by atoms with van der Waals surface area (Å²) in [6.45, 7) is 2.62. The third kappa shape index (κ3) is 3.64. The summed E-state index contributed by atoms with van der Waals surface area (Å²) in [7, 11) is 0. The van der Waals surface area contributed by atoms with Gasteiger partial charge in [0.1, 0.15) is 11.4 Å². The first-order valence-corrected chi connectivity index (χ1v) is 13.2. The Morgan fingerprint density at radius 2 is 1.72 bits per heavy atom. The lowest BCUT2D eigenvalue weighted by Crippen LogP contribution is -2.47. The van der Waals surface area contributed by atoms with Gasteiger partial charge in [-0.3, -0.25) is 24.4 Å². The lowest BCUT2D eigenvalue weighted by atomic mass is 9.98. The molecule has 0 radical (unpaired) electrons. The average Bonchev–Trinajstić information content (AvgIpc) is 3.24. The fourth-order valence-electron chi connectivity index (χ4n) is 6.07. The number of fused-ring (bicyclic) bond motifs is 1. The number of carbonyl (C=O) groups excluding carboxylic acids is 2. The van der Waals surface area contributed by atoms with Crippen molar-refractivity contribution in [3.63, 3.8) is 0 Å². The van der Waals surface area contributed by atoms with Gasteiger partial charge in [0.2, 0.25) is 5.91 Å². The van der Waals surface area contributed by atoms with E-state index in [-0.39, 0.29) is 17.7 Å². The molecule has 7 nitrogen and oxygen atoms in total. The summed E-state index contributed by atoms with van der Waals surface area (Å²) in [6.07, 6.45) is 7.75. The molecule has 2 aromatic carbocycles. The monoisotopic (exact) mass is 481 g/mol. The molecule has 1 saturated heterocycles. The van der Waals surface area contributed by atoms with E-state index < -0.39 is 5.54 Å². The number of H-pyrrole nitrogens is 1. The van der Waals surface area contributed by atoms with Gasteiger partial charge < -0.3 is 9.88 Å². The van der Waals surface area contributed by atoms with E-state index in [0.717, 1.165) is 74.1 Å². The predicted molar refractivity (Wildman–Crippen MR) is 139 cm³/mol. The van der Waals surface area contributed by atoms with E-state index in [2.05, 4.69) is 58.4 Å². The van der Waals surface area contributed by atoms with Crippen molar-refractivity contribution in [1.29, 1.82) is 0 Å². The SMILES string of the molecule is O=C(C1CC1)N1CCN(CN2C(=O)C3(CCCC3)N=C2c2ccc(-c3ccc4[nH]ccc4c3)cc2)C1. The maximum Gasteiger partial charge on any atom is 0.257 e. The van der Waals surface area contributed by atoms with Gasteiger partial charge in [-0.05, 0) is 60.4 Å². The van der Waals surface area contributed by atoms with E-state index in [1.165, 1.54) is 10.9 Å². The Kier molecular flexibility index (Phi) is 5.03. The highest BCUT2D eigenvalue weighted by Gasteiger charge is 2.50. The number of hydrogen-bond donors (Lipinski definition) is 1. The molecule has 2 amide bonds. The number of aromatic nitrogens is 1. The molecule has 3 fully saturated rings. The molecule has 1 aromatic heterocycles. The Labute approximate surface area is 210 Å². The lowest BCUT2D eigenvalue weighted by Gasteiger charge is -2.27. The molecule has 7 rings (SSSR count). The molecule has 1 N–H and O–H groups in total. The second kappa shape index (κ2) is 8.30. The highest BCUT2D eigenvalue weighted by atomic mass is 16.2. The van der Waals surface area contributed by atoms with E-state index in [0.29, 0.717) is 13.3 Å². The summed E-state index contributed by atoms with van der Waals surface area (Å²) < 4.78 is 0. The molecule has 3 aromatic rings. The smallest absolute Gasteiger partial charge is 0.257 e. The highest BCUT2D eigenvalue weighted by molar-refractivity contribution is 6.15. The van der Waals surface area contributed by atoms with Gasteiger partial charge in [0, 0.05) is 36.3 Å². The van der Waals surface area contributed by atoms with Gasteiger partial charge in [-0.15, -0.1) is 0 Å². The van der Waals surface area contributed by atoms with Crippen LogP contribution in [0.3, 0.4) is 0 Å². The van der Waals surface area contributed by atoms with Crippen LogP contribution in [0.15, 0.2) is 59.7 Å². The number of amidine groups is 1. The van der Waals surface area contributed by atoms with Crippen LogP contribution >= 0.6 is 0 Å². The minimum atomic E-state index is -0.601. The second-order valence-corrected chi connectivity index (χ2v) is 10.8. The maximum absolute atomic E-state index is 13.7. The molecule has 0 atom stereocenters. The van der Waals surface area contributed by atoms with Crippen molar-refractivity contribution in [2.75, 3.05) is 26.4 Å². The number of hydrogen-bond acceptors (Lipinski definition) is 4. The Balaban J connectivity index is 1.15. The van der Waals surface area contributed by atoms with E-state index in [1.807, 2.05) is 16.0 Å². The molecule has 1 spiro atoms. The number of benzene rings is 2. The van der Waals surface area contributed by atoms with Gasteiger partial charge in [0.25, 0.3) is 5.91 Å². The Morgan fingerprint density at radius 1 is 0.972 bits per heavy atom. The van der Waals surface area contributed by atoms with E-state index >= 15 is 0 Å². The van der Waals surface area contributed by atoms with Gasteiger partial charge in [0.05, 0.1) is 13.3 Å². The van der Waals surface area contributed by atoms with E-state index in [4.69, 9.17) is 4.99 Å². The zero-order valence-corrected chi connectivity index (χ0v) is 20.4. The van der Waals surface area contributed by atoms with Crippen LogP contribution in [0.25, 0.3) is 22.0 Å². The van der Waals surface area contributed by atoms with Crippen molar-refractivity contribution < 1.29 is 9.59 Å². The van der Waals surface area contributed by atoms with Crippen LogP contribution in [-0.4, -0.2) is 69.3 Å². The molecule has 2 aliphatic carbocycles. The molecular weight excluding hydrogens is 450 g/mol. The minimum absolute atomic E-state index is 0.129. The number of amides is 2. The van der Waals surface area contributed by atoms with Crippen LogP contribution in [0.2, 0.25) is 0 Å². The van der Waals surface area contributed by atoms with Gasteiger partial charge >= 0.3 is 0 Å². The van der Waals surface area contributed by atoms with Crippen LogP contribution in [0.4, 0.5) is 0 Å². The van der Waals surface area contributed by atoms with Gasteiger partial charge in [-0.1, -0.05) is 43.2 Å². The average molecular weight is 482 g/mol. The summed E-state index contributed by atoms with van der Waals surface area (Å²) in [6, 6.07) is 17.0. The van der Waals surface area contributed by atoms with Crippen LogP contribution < -0.4 is 0 Å². The highest BCUT2D eigenvalue weighted by Crippen LogP contribution is 2.40. The second-order valence-electron chi connectivity index (χ2n) is 10.8. The van der Waals surface area contributed by atoms with Crippen molar-refractivity contribution >= 4 is 28.6 Å². The van der Waals surface area contributed by atoms with Crippen molar-refractivity contribution in [3.8, 4) is 11.1 Å². The summed E-state index contributed by atoms with van der Waals surface area (Å²) in [5.41, 5.74) is 3.81.